The van der Waals surface area contributed by atoms with Gasteiger partial charge in [0.25, 0.3) is 0 Å². The first-order valence-corrected chi connectivity index (χ1v) is 2.15. The van der Waals surface area contributed by atoms with Gasteiger partial charge in [-0.25, -0.2) is 0 Å². The molecule has 0 aliphatic rings. The Balaban J connectivity index is 4.25. The summed E-state index contributed by atoms with van der Waals surface area (Å²) in [6.07, 6.45) is 1.16. The monoisotopic (exact) mass is 109 g/mol. The zero-order chi connectivity index (χ0) is 6.57. The maximum Gasteiger partial charge on any atom is 0.190 e. The Hall–Kier alpha value is -1.14. The highest BCUT2D eigenvalue weighted by Gasteiger charge is 1.93. The predicted octanol–water partition coefficient (Wildman–Crippen LogP) is 0.936. The molecule has 2 nitrogen and oxygen atoms in total. The molecule has 0 amide bonds. The first-order valence-electron chi connectivity index (χ1n) is 2.15. The second-order valence-corrected chi connectivity index (χ2v) is 1.32. The summed E-state index contributed by atoms with van der Waals surface area (Å²) in [7, 11) is 0. The van der Waals surface area contributed by atoms with Crippen molar-refractivity contribution < 1.29 is 4.79 Å². The van der Waals surface area contributed by atoms with Crippen molar-refractivity contribution in [2.45, 2.75) is 6.92 Å². The van der Waals surface area contributed by atoms with Crippen LogP contribution < -0.4 is 0 Å². The molecule has 0 aliphatic carbocycles. The van der Waals surface area contributed by atoms with Crippen molar-refractivity contribution in [3.05, 3.63) is 18.2 Å². The number of nitrogens with one attached hydrogen (secondary N) is 1. The summed E-state index contributed by atoms with van der Waals surface area (Å²) in [4.78, 5) is 10.4. The fraction of sp³-hybridized carbons (Fsp3) is 0.167. The Labute approximate surface area is 48.0 Å². The van der Waals surface area contributed by atoms with E-state index in [1.807, 2.05) is 5.87 Å². The van der Waals surface area contributed by atoms with Gasteiger partial charge in [-0.3, -0.25) is 10.2 Å². The van der Waals surface area contributed by atoms with Crippen molar-refractivity contribution in [3.63, 3.8) is 0 Å². The number of hydrogen-bond acceptors (Lipinski definition) is 2. The van der Waals surface area contributed by atoms with E-state index in [1.54, 1.807) is 0 Å². The first kappa shape index (κ1) is 6.86. The molecule has 0 heterocycles. The van der Waals surface area contributed by atoms with Gasteiger partial charge in [0.15, 0.2) is 5.78 Å². The van der Waals surface area contributed by atoms with Crippen molar-refractivity contribution in [1.82, 2.24) is 0 Å². The molecule has 0 radical (unpaired) electrons. The molecule has 1 N–H and O–H groups in total. The smallest absolute Gasteiger partial charge is 0.190 e. The zero-order valence-electron chi connectivity index (χ0n) is 4.69. The summed E-state index contributed by atoms with van der Waals surface area (Å²) >= 11 is 0. The van der Waals surface area contributed by atoms with Crippen LogP contribution in [0.2, 0.25) is 0 Å². The number of allylic oxidation sites excluding steroid dienone is 2. The van der Waals surface area contributed by atoms with E-state index >= 15 is 0 Å². The molecule has 0 saturated heterocycles. The van der Waals surface area contributed by atoms with Crippen molar-refractivity contribution >= 4 is 11.7 Å². The standard InChI is InChI=1S/C6H7NO/c1-3-6(8)5(2)4-7/h3,7H,1H2,2H3. The molecule has 0 rings (SSSR count). The zero-order valence-corrected chi connectivity index (χ0v) is 4.69. The number of carbonyl (C=O) groups excluding carboxylic acids is 1. The van der Waals surface area contributed by atoms with Crippen LogP contribution >= 0.6 is 0 Å². The Morgan fingerprint density at radius 1 is 1.88 bits per heavy atom. The van der Waals surface area contributed by atoms with Crippen LogP contribution in [-0.4, -0.2) is 11.7 Å². The fourth-order valence-electron chi connectivity index (χ4n) is 0.215. The predicted molar refractivity (Wildman–Crippen MR) is 32.1 cm³/mol. The van der Waals surface area contributed by atoms with Crippen LogP contribution in [0.15, 0.2) is 18.2 Å². The third-order valence-corrected chi connectivity index (χ3v) is 0.742. The van der Waals surface area contributed by atoms with Gasteiger partial charge in [0.1, 0.15) is 0 Å². The van der Waals surface area contributed by atoms with Crippen LogP contribution in [0.25, 0.3) is 0 Å². The summed E-state index contributed by atoms with van der Waals surface area (Å²) in [5.74, 6) is 1.73. The Morgan fingerprint density at radius 3 is 2.50 bits per heavy atom. The van der Waals surface area contributed by atoms with Crippen molar-refractivity contribution in [1.29, 1.82) is 5.41 Å². The number of ketones is 1. The first-order chi connectivity index (χ1) is 3.72. The molecule has 0 spiro atoms. The fourth-order valence-corrected chi connectivity index (χ4v) is 0.215. The van der Waals surface area contributed by atoms with Gasteiger partial charge in [0.05, 0.1) is 5.57 Å². The molecule has 0 aromatic rings. The van der Waals surface area contributed by atoms with Gasteiger partial charge in [0, 0.05) is 0 Å². The van der Waals surface area contributed by atoms with Crippen LogP contribution in [0.1, 0.15) is 6.92 Å². The van der Waals surface area contributed by atoms with E-state index in [-0.39, 0.29) is 5.78 Å². The molecule has 0 aromatic carbocycles. The van der Waals surface area contributed by atoms with Crippen molar-refractivity contribution in [3.8, 4) is 0 Å². The molecule has 0 fully saturated rings. The maximum absolute atomic E-state index is 10.4. The maximum atomic E-state index is 10.4. The van der Waals surface area contributed by atoms with Gasteiger partial charge in [-0.05, 0) is 18.9 Å². The lowest BCUT2D eigenvalue weighted by molar-refractivity contribution is -0.111. The van der Waals surface area contributed by atoms with Gasteiger partial charge in [-0.2, -0.15) is 0 Å². The molecule has 0 bridgehead atoms. The Bertz CT molecular complexity index is 163. The molecule has 42 valence electrons. The highest BCUT2D eigenvalue weighted by atomic mass is 16.1. The van der Waals surface area contributed by atoms with E-state index in [9.17, 15) is 4.79 Å². The summed E-state index contributed by atoms with van der Waals surface area (Å²) in [5, 5.41) is 6.49. The molecule has 0 aromatic heterocycles. The van der Waals surface area contributed by atoms with Gasteiger partial charge in [-0.1, -0.05) is 6.58 Å². The second kappa shape index (κ2) is 2.94. The summed E-state index contributed by atoms with van der Waals surface area (Å²) in [6, 6.07) is 0. The minimum Gasteiger partial charge on any atom is -0.289 e. The lowest BCUT2D eigenvalue weighted by Gasteiger charge is -1.82. The average Bonchev–Trinajstić information content (AvgIpc) is 1.84. The third kappa shape index (κ3) is 1.54. The Morgan fingerprint density at radius 2 is 2.38 bits per heavy atom. The number of carbonyl (C=O) groups is 1. The van der Waals surface area contributed by atoms with Crippen LogP contribution in [-0.2, 0) is 4.79 Å². The van der Waals surface area contributed by atoms with Gasteiger partial charge < -0.3 is 0 Å². The molecule has 0 aliphatic heterocycles. The molecule has 0 saturated carbocycles. The lowest BCUT2D eigenvalue weighted by atomic mass is 10.2. The second-order valence-electron chi connectivity index (χ2n) is 1.32. The van der Waals surface area contributed by atoms with Gasteiger partial charge >= 0.3 is 0 Å². The highest BCUT2D eigenvalue weighted by molar-refractivity contribution is 6.08. The summed E-state index contributed by atoms with van der Waals surface area (Å²) in [5.41, 5.74) is 0.292. The van der Waals surface area contributed by atoms with E-state index < -0.39 is 0 Å². The highest BCUT2D eigenvalue weighted by Crippen LogP contribution is 1.86. The molecule has 2 heteroatoms. The summed E-state index contributed by atoms with van der Waals surface area (Å²) < 4.78 is 0. The SMILES string of the molecule is C=CC(=O)C(C)=C=N. The van der Waals surface area contributed by atoms with Gasteiger partial charge in [0.2, 0.25) is 0 Å². The molecule has 0 unspecified atom stereocenters. The molecule has 0 atom stereocenters. The number of hydrogen-bond donors (Lipinski definition) is 1. The quantitative estimate of drug-likeness (QED) is 0.416. The third-order valence-electron chi connectivity index (χ3n) is 0.742. The van der Waals surface area contributed by atoms with Gasteiger partial charge in [-0.15, -0.1) is 0 Å². The molecular formula is C6H7NO. The molecule has 8 heavy (non-hydrogen) atoms. The minimum absolute atomic E-state index is 0.236. The lowest BCUT2D eigenvalue weighted by Crippen LogP contribution is -1.92. The van der Waals surface area contributed by atoms with Crippen LogP contribution in [0.3, 0.4) is 0 Å². The van der Waals surface area contributed by atoms with Crippen LogP contribution in [0.5, 0.6) is 0 Å². The van der Waals surface area contributed by atoms with Crippen LogP contribution in [0, 0.1) is 5.41 Å². The Kier molecular flexibility index (Phi) is 2.52. The topological polar surface area (TPSA) is 40.9 Å². The summed E-state index contributed by atoms with van der Waals surface area (Å²) in [6.45, 7) is 4.76. The largest absolute Gasteiger partial charge is 0.289 e. The normalized spacial score (nSPS) is 7.12. The van der Waals surface area contributed by atoms with E-state index in [2.05, 4.69) is 6.58 Å². The van der Waals surface area contributed by atoms with E-state index in [0.717, 1.165) is 6.08 Å². The van der Waals surface area contributed by atoms with E-state index in [0.29, 0.717) is 5.57 Å². The van der Waals surface area contributed by atoms with Crippen LogP contribution in [0.4, 0.5) is 0 Å². The van der Waals surface area contributed by atoms with E-state index in [1.165, 1.54) is 6.92 Å². The number of rotatable bonds is 2. The van der Waals surface area contributed by atoms with Crippen molar-refractivity contribution in [2.75, 3.05) is 0 Å². The molecular weight excluding hydrogens is 102 g/mol. The van der Waals surface area contributed by atoms with Crippen molar-refractivity contribution in [2.24, 2.45) is 0 Å². The average molecular weight is 109 g/mol. The minimum atomic E-state index is -0.236. The van der Waals surface area contributed by atoms with E-state index in [4.69, 9.17) is 5.41 Å².